The van der Waals surface area contributed by atoms with E-state index in [9.17, 15) is 4.79 Å². The highest BCUT2D eigenvalue weighted by Gasteiger charge is 2.16. The molecule has 0 unspecified atom stereocenters. The van der Waals surface area contributed by atoms with Crippen LogP contribution in [0.15, 0.2) is 23.4 Å². The molecule has 94 valence electrons. The molecule has 1 aromatic rings. The molecule has 0 fully saturated rings. The van der Waals surface area contributed by atoms with E-state index in [4.69, 9.17) is 9.84 Å². The van der Waals surface area contributed by atoms with Crippen LogP contribution in [-0.2, 0) is 16.1 Å². The lowest BCUT2D eigenvalue weighted by Crippen LogP contribution is -2.24. The number of nitrogens with zero attached hydrogens (tertiary/aromatic N) is 1. The highest BCUT2D eigenvalue weighted by atomic mass is 32.2. The van der Waals surface area contributed by atoms with Crippen LogP contribution in [0.4, 0.5) is 0 Å². The average Bonchev–Trinajstić information content (AvgIpc) is 2.24. The van der Waals surface area contributed by atoms with E-state index in [-0.39, 0.29) is 18.3 Å². The molecule has 1 rings (SSSR count). The number of carbonyl (C=O) groups is 1. The Hall–Kier alpha value is -1.07. The van der Waals surface area contributed by atoms with Gasteiger partial charge in [0.2, 0.25) is 0 Å². The smallest absolute Gasteiger partial charge is 0.316 e. The first-order valence-electron chi connectivity index (χ1n) is 5.32. The van der Waals surface area contributed by atoms with Gasteiger partial charge in [0.05, 0.1) is 12.4 Å². The quantitative estimate of drug-likeness (QED) is 0.658. The first-order valence-corrected chi connectivity index (χ1v) is 6.30. The fraction of sp³-hybridized carbons (Fsp3) is 0.500. The van der Waals surface area contributed by atoms with Gasteiger partial charge in [-0.25, -0.2) is 4.98 Å². The minimum atomic E-state index is -0.471. The van der Waals surface area contributed by atoms with Crippen molar-refractivity contribution in [2.45, 2.75) is 38.0 Å². The van der Waals surface area contributed by atoms with Crippen LogP contribution >= 0.6 is 11.8 Å². The fourth-order valence-electron chi connectivity index (χ4n) is 1.17. The van der Waals surface area contributed by atoms with E-state index in [0.29, 0.717) is 5.03 Å². The molecule has 1 aromatic heterocycles. The zero-order chi connectivity index (χ0) is 12.9. The first kappa shape index (κ1) is 14.0. The summed E-state index contributed by atoms with van der Waals surface area (Å²) >= 11 is 1.27. The Kier molecular flexibility index (Phi) is 4.96. The molecule has 0 atom stereocenters. The SMILES string of the molecule is CC(C)(C)OC(=O)CSc1ncccc1CO. The summed E-state index contributed by atoms with van der Waals surface area (Å²) in [5, 5.41) is 9.77. The number of aromatic nitrogens is 1. The van der Waals surface area contributed by atoms with Crippen LogP contribution in [0.1, 0.15) is 26.3 Å². The van der Waals surface area contributed by atoms with Crippen LogP contribution in [0, 0.1) is 0 Å². The summed E-state index contributed by atoms with van der Waals surface area (Å²) in [6, 6.07) is 3.54. The zero-order valence-corrected chi connectivity index (χ0v) is 11.1. The summed E-state index contributed by atoms with van der Waals surface area (Å²) in [6.07, 6.45) is 1.64. The number of aliphatic hydroxyl groups is 1. The Morgan fingerprint density at radius 2 is 2.24 bits per heavy atom. The van der Waals surface area contributed by atoms with E-state index < -0.39 is 5.60 Å². The summed E-state index contributed by atoms with van der Waals surface area (Å²) < 4.78 is 5.18. The fourth-order valence-corrected chi connectivity index (χ4v) is 1.94. The van der Waals surface area contributed by atoms with Gasteiger partial charge in [0, 0.05) is 11.8 Å². The van der Waals surface area contributed by atoms with Gasteiger partial charge < -0.3 is 9.84 Å². The van der Waals surface area contributed by atoms with Crippen molar-refractivity contribution in [1.29, 1.82) is 0 Å². The zero-order valence-electron chi connectivity index (χ0n) is 10.3. The van der Waals surface area contributed by atoms with Gasteiger partial charge in [-0.2, -0.15) is 0 Å². The third-order valence-electron chi connectivity index (χ3n) is 1.77. The van der Waals surface area contributed by atoms with Crippen LogP contribution in [0.2, 0.25) is 0 Å². The highest BCUT2D eigenvalue weighted by molar-refractivity contribution is 7.99. The number of esters is 1. The van der Waals surface area contributed by atoms with Gasteiger partial charge in [-0.1, -0.05) is 17.8 Å². The maximum Gasteiger partial charge on any atom is 0.316 e. The summed E-state index contributed by atoms with van der Waals surface area (Å²) in [4.78, 5) is 15.6. The Balaban J connectivity index is 2.53. The molecule has 0 spiro atoms. The van der Waals surface area contributed by atoms with Crippen molar-refractivity contribution in [2.75, 3.05) is 5.75 Å². The number of hydrogen-bond donors (Lipinski definition) is 1. The molecule has 1 heterocycles. The normalized spacial score (nSPS) is 11.3. The molecule has 0 aliphatic rings. The number of rotatable bonds is 4. The second-order valence-electron chi connectivity index (χ2n) is 4.50. The summed E-state index contributed by atoms with van der Waals surface area (Å²) in [7, 11) is 0. The van der Waals surface area contributed by atoms with Crippen molar-refractivity contribution >= 4 is 17.7 Å². The third-order valence-corrected chi connectivity index (χ3v) is 2.79. The summed E-state index contributed by atoms with van der Waals surface area (Å²) in [5.41, 5.74) is 0.253. The topological polar surface area (TPSA) is 59.4 Å². The molecule has 0 aliphatic heterocycles. The lowest BCUT2D eigenvalue weighted by atomic mass is 10.2. The Morgan fingerprint density at radius 1 is 1.53 bits per heavy atom. The molecule has 0 aromatic carbocycles. The van der Waals surface area contributed by atoms with Crippen LogP contribution in [0.25, 0.3) is 0 Å². The summed E-state index contributed by atoms with van der Waals surface area (Å²) in [6.45, 7) is 5.41. The van der Waals surface area contributed by atoms with E-state index >= 15 is 0 Å². The first-order chi connectivity index (χ1) is 7.92. The van der Waals surface area contributed by atoms with Crippen LogP contribution < -0.4 is 0 Å². The van der Waals surface area contributed by atoms with Crippen LogP contribution in [0.5, 0.6) is 0 Å². The van der Waals surface area contributed by atoms with Crippen molar-refractivity contribution in [2.24, 2.45) is 0 Å². The van der Waals surface area contributed by atoms with Gasteiger partial charge in [-0.05, 0) is 26.8 Å². The number of ether oxygens (including phenoxy) is 1. The van der Waals surface area contributed by atoms with Gasteiger partial charge in [0.15, 0.2) is 0 Å². The van der Waals surface area contributed by atoms with E-state index in [2.05, 4.69) is 4.98 Å². The Labute approximate surface area is 105 Å². The highest BCUT2D eigenvalue weighted by Crippen LogP contribution is 2.20. The average molecular weight is 255 g/mol. The van der Waals surface area contributed by atoms with E-state index in [1.54, 1.807) is 18.3 Å². The van der Waals surface area contributed by atoms with Crippen LogP contribution in [0.3, 0.4) is 0 Å². The van der Waals surface area contributed by atoms with E-state index in [1.807, 2.05) is 20.8 Å². The van der Waals surface area contributed by atoms with Gasteiger partial charge in [0.1, 0.15) is 10.6 Å². The van der Waals surface area contributed by atoms with Gasteiger partial charge >= 0.3 is 5.97 Å². The van der Waals surface area contributed by atoms with Crippen molar-refractivity contribution < 1.29 is 14.6 Å². The van der Waals surface area contributed by atoms with Gasteiger partial charge in [-0.15, -0.1) is 0 Å². The molecule has 17 heavy (non-hydrogen) atoms. The number of aliphatic hydroxyl groups excluding tert-OH is 1. The van der Waals surface area contributed by atoms with Gasteiger partial charge in [0.25, 0.3) is 0 Å². The maximum atomic E-state index is 11.5. The summed E-state index contributed by atoms with van der Waals surface area (Å²) in [5.74, 6) is -0.0848. The van der Waals surface area contributed by atoms with Crippen molar-refractivity contribution in [3.63, 3.8) is 0 Å². The molecule has 0 saturated heterocycles. The Bertz CT molecular complexity index is 388. The predicted octanol–water partition coefficient (Wildman–Crippen LogP) is 2.01. The minimum Gasteiger partial charge on any atom is -0.459 e. The number of pyridine rings is 1. The largest absolute Gasteiger partial charge is 0.459 e. The number of thioether (sulfide) groups is 1. The minimum absolute atomic E-state index is 0.0789. The van der Waals surface area contributed by atoms with Crippen molar-refractivity contribution in [3.8, 4) is 0 Å². The molecule has 5 heteroatoms. The molecule has 1 N–H and O–H groups in total. The lowest BCUT2D eigenvalue weighted by Gasteiger charge is -2.19. The Morgan fingerprint density at radius 3 is 2.82 bits per heavy atom. The van der Waals surface area contributed by atoms with Crippen molar-refractivity contribution in [1.82, 2.24) is 4.98 Å². The molecular weight excluding hydrogens is 238 g/mol. The second kappa shape index (κ2) is 6.02. The molecule has 0 amide bonds. The predicted molar refractivity (Wildman–Crippen MR) is 66.7 cm³/mol. The molecule has 4 nitrogen and oxygen atoms in total. The number of hydrogen-bond acceptors (Lipinski definition) is 5. The molecule has 0 bridgehead atoms. The van der Waals surface area contributed by atoms with Gasteiger partial charge in [-0.3, -0.25) is 4.79 Å². The molecule has 0 aliphatic carbocycles. The van der Waals surface area contributed by atoms with E-state index in [1.165, 1.54) is 11.8 Å². The van der Waals surface area contributed by atoms with Crippen LogP contribution in [-0.4, -0.2) is 27.4 Å². The van der Waals surface area contributed by atoms with E-state index in [0.717, 1.165) is 5.56 Å². The standard InChI is InChI=1S/C12H17NO3S/c1-12(2,3)16-10(15)8-17-11-9(7-14)5-4-6-13-11/h4-6,14H,7-8H2,1-3H3. The molecule has 0 saturated carbocycles. The second-order valence-corrected chi connectivity index (χ2v) is 5.46. The monoisotopic (exact) mass is 255 g/mol. The van der Waals surface area contributed by atoms with Crippen molar-refractivity contribution in [3.05, 3.63) is 23.9 Å². The lowest BCUT2D eigenvalue weighted by molar-refractivity contribution is -0.151. The third kappa shape index (κ3) is 5.19. The molecule has 0 radical (unpaired) electrons. The number of carbonyl (C=O) groups excluding carboxylic acids is 1. The maximum absolute atomic E-state index is 11.5. The molecular formula is C12H17NO3S.